The van der Waals surface area contributed by atoms with Gasteiger partial charge < -0.3 is 24.3 Å². The van der Waals surface area contributed by atoms with Crippen LogP contribution in [0.2, 0.25) is 0 Å². The second-order valence-electron chi connectivity index (χ2n) is 8.03. The number of nitrogens with one attached hydrogen (secondary N) is 1. The van der Waals surface area contributed by atoms with Gasteiger partial charge in [0, 0.05) is 16.1 Å². The number of aromatic carboxylic acids is 1. The van der Waals surface area contributed by atoms with Crippen molar-refractivity contribution in [3.05, 3.63) is 97.0 Å². The van der Waals surface area contributed by atoms with E-state index in [1.807, 2.05) is 0 Å². The summed E-state index contributed by atoms with van der Waals surface area (Å²) in [7, 11) is 1.18. The Morgan fingerprint density at radius 3 is 2.54 bits per heavy atom. The Bertz CT molecular complexity index is 1530. The van der Waals surface area contributed by atoms with E-state index in [9.17, 15) is 29.3 Å². The number of benzene rings is 2. The second-order valence-corrected chi connectivity index (χ2v) is 8.94. The molecular formula is C25H18BrN3O10. The molecule has 0 saturated carbocycles. The van der Waals surface area contributed by atoms with Gasteiger partial charge in [0.2, 0.25) is 11.5 Å². The Balaban J connectivity index is 1.61. The lowest BCUT2D eigenvalue weighted by atomic mass is 10.1. The normalized spacial score (nSPS) is 13.9. The molecule has 2 aromatic carbocycles. The molecule has 200 valence electrons. The van der Waals surface area contributed by atoms with Crippen LogP contribution in [0.15, 0.2) is 63.1 Å². The number of hydrogen-bond donors (Lipinski definition) is 2. The third-order valence-corrected chi connectivity index (χ3v) is 5.93. The van der Waals surface area contributed by atoms with Gasteiger partial charge in [0.05, 0.1) is 24.1 Å². The number of rotatable bonds is 9. The topological polar surface area (TPSA) is 179 Å². The van der Waals surface area contributed by atoms with Crippen LogP contribution in [0, 0.1) is 10.1 Å². The van der Waals surface area contributed by atoms with Crippen molar-refractivity contribution in [2.45, 2.75) is 13.2 Å². The van der Waals surface area contributed by atoms with Crippen molar-refractivity contribution in [2.75, 3.05) is 7.11 Å². The molecular weight excluding hydrogens is 582 g/mol. The van der Waals surface area contributed by atoms with Gasteiger partial charge in [-0.2, -0.15) is 0 Å². The molecule has 2 N–H and O–H groups in total. The van der Waals surface area contributed by atoms with E-state index >= 15 is 0 Å². The summed E-state index contributed by atoms with van der Waals surface area (Å²) >= 11 is 3.21. The molecule has 0 unspecified atom stereocenters. The van der Waals surface area contributed by atoms with Crippen molar-refractivity contribution in [1.82, 2.24) is 10.2 Å². The molecule has 39 heavy (non-hydrogen) atoms. The standard InChI is InChI=1S/C25H18BrN3O10/c1-37-24(33)20-7-6-17(39-20)11-28-22(30)18(27-25(28)34)9-15-8-16(26)10-19(29(35)36)21(15)38-12-13-2-4-14(5-3-13)23(31)32/h2-10H,11-12H2,1H3,(H,27,34)(H,31,32)/b18-9-. The van der Waals surface area contributed by atoms with Crippen LogP contribution < -0.4 is 10.1 Å². The lowest BCUT2D eigenvalue weighted by molar-refractivity contribution is -0.386. The van der Waals surface area contributed by atoms with Gasteiger partial charge in [0.25, 0.3) is 5.91 Å². The van der Waals surface area contributed by atoms with Crippen LogP contribution in [0.4, 0.5) is 10.5 Å². The van der Waals surface area contributed by atoms with Crippen molar-refractivity contribution in [3.8, 4) is 5.75 Å². The maximum atomic E-state index is 13.0. The number of hydrogen-bond acceptors (Lipinski definition) is 9. The smallest absolute Gasteiger partial charge is 0.373 e. The van der Waals surface area contributed by atoms with Gasteiger partial charge in [-0.25, -0.2) is 14.4 Å². The van der Waals surface area contributed by atoms with Crippen molar-refractivity contribution in [3.63, 3.8) is 0 Å². The number of amides is 3. The van der Waals surface area contributed by atoms with Crippen molar-refractivity contribution in [1.29, 1.82) is 0 Å². The number of methoxy groups -OCH3 is 1. The molecule has 1 aliphatic rings. The first kappa shape index (κ1) is 27.1. The molecule has 1 saturated heterocycles. The Labute approximate surface area is 227 Å². The number of nitro groups is 1. The van der Waals surface area contributed by atoms with Gasteiger partial charge in [0.1, 0.15) is 18.1 Å². The number of carbonyl (C=O) groups is 4. The highest BCUT2D eigenvalue weighted by molar-refractivity contribution is 9.10. The predicted octanol–water partition coefficient (Wildman–Crippen LogP) is 4.11. The minimum absolute atomic E-state index is 0.0647. The summed E-state index contributed by atoms with van der Waals surface area (Å²) in [6.45, 7) is -0.431. The third kappa shape index (κ3) is 5.96. The minimum atomic E-state index is -1.10. The van der Waals surface area contributed by atoms with E-state index in [0.29, 0.717) is 10.0 Å². The first-order valence-corrected chi connectivity index (χ1v) is 11.8. The fraction of sp³-hybridized carbons (Fsp3) is 0.120. The molecule has 0 spiro atoms. The maximum absolute atomic E-state index is 13.0. The number of carboxylic acids is 1. The SMILES string of the molecule is COC(=O)c1ccc(CN2C(=O)N/C(=C\c3cc(Br)cc([N+](=O)[O-])c3OCc3ccc(C(=O)O)cc3)C2=O)o1. The summed E-state index contributed by atoms with van der Waals surface area (Å²) in [5, 5.41) is 23.2. The molecule has 3 aromatic rings. The predicted molar refractivity (Wildman–Crippen MR) is 136 cm³/mol. The molecule has 0 bridgehead atoms. The fourth-order valence-corrected chi connectivity index (χ4v) is 4.06. The maximum Gasteiger partial charge on any atom is 0.373 e. The quantitative estimate of drug-likeness (QED) is 0.119. The highest BCUT2D eigenvalue weighted by atomic mass is 79.9. The molecule has 4 rings (SSSR count). The fourth-order valence-electron chi connectivity index (χ4n) is 3.60. The molecule has 13 nitrogen and oxygen atoms in total. The molecule has 1 fully saturated rings. The van der Waals surface area contributed by atoms with E-state index in [4.69, 9.17) is 14.3 Å². The van der Waals surface area contributed by atoms with Crippen LogP contribution in [-0.2, 0) is 22.7 Å². The highest BCUT2D eigenvalue weighted by Gasteiger charge is 2.35. The Hall–Kier alpha value is -4.98. The second kappa shape index (κ2) is 11.2. The van der Waals surface area contributed by atoms with Gasteiger partial charge in [-0.15, -0.1) is 0 Å². The lowest BCUT2D eigenvalue weighted by Gasteiger charge is -2.12. The van der Waals surface area contributed by atoms with Crippen LogP contribution in [0.25, 0.3) is 6.08 Å². The van der Waals surface area contributed by atoms with Crippen LogP contribution in [0.5, 0.6) is 5.75 Å². The molecule has 0 aliphatic carbocycles. The van der Waals surface area contributed by atoms with Gasteiger partial charge in [0.15, 0.2) is 0 Å². The summed E-state index contributed by atoms with van der Waals surface area (Å²) in [4.78, 5) is 60.1. The number of carbonyl (C=O) groups excluding carboxylic acids is 3. The van der Waals surface area contributed by atoms with E-state index in [2.05, 4.69) is 26.0 Å². The number of nitro benzene ring substituents is 1. The molecule has 2 heterocycles. The summed E-state index contributed by atoms with van der Waals surface area (Å²) in [5.41, 5.74) is 0.141. The zero-order valence-electron chi connectivity index (χ0n) is 20.0. The molecule has 3 amide bonds. The molecule has 14 heteroatoms. The van der Waals surface area contributed by atoms with Crippen molar-refractivity contribution < 1.29 is 43.1 Å². The highest BCUT2D eigenvalue weighted by Crippen LogP contribution is 2.37. The van der Waals surface area contributed by atoms with Gasteiger partial charge in [-0.3, -0.25) is 19.8 Å². The number of imide groups is 1. The summed E-state index contributed by atoms with van der Waals surface area (Å²) in [6.07, 6.45) is 1.24. The molecule has 1 aliphatic heterocycles. The molecule has 0 atom stereocenters. The number of urea groups is 1. The Kier molecular flexibility index (Phi) is 7.76. The summed E-state index contributed by atoms with van der Waals surface area (Å²) < 4.78 is 16.0. The van der Waals surface area contributed by atoms with Crippen molar-refractivity contribution >= 4 is 51.6 Å². The number of carboxylic acid groups (broad SMARTS) is 1. The monoisotopic (exact) mass is 599 g/mol. The van der Waals surface area contributed by atoms with Crippen LogP contribution >= 0.6 is 15.9 Å². The van der Waals surface area contributed by atoms with E-state index < -0.39 is 34.5 Å². The number of furan rings is 1. The average molecular weight is 600 g/mol. The number of halogens is 1. The number of esters is 1. The van der Waals surface area contributed by atoms with Crippen LogP contribution in [0.3, 0.4) is 0 Å². The van der Waals surface area contributed by atoms with E-state index in [1.165, 1.54) is 61.7 Å². The lowest BCUT2D eigenvalue weighted by Crippen LogP contribution is -2.30. The molecule has 1 aromatic heterocycles. The zero-order valence-corrected chi connectivity index (χ0v) is 21.6. The van der Waals surface area contributed by atoms with Crippen molar-refractivity contribution in [2.24, 2.45) is 0 Å². The number of nitrogens with zero attached hydrogens (tertiary/aromatic N) is 2. The van der Waals surface area contributed by atoms with E-state index in [1.54, 1.807) is 0 Å². The Morgan fingerprint density at radius 2 is 1.90 bits per heavy atom. The van der Waals surface area contributed by atoms with Gasteiger partial charge in [-0.1, -0.05) is 28.1 Å². The van der Waals surface area contributed by atoms with Crippen LogP contribution in [-0.4, -0.2) is 45.9 Å². The third-order valence-electron chi connectivity index (χ3n) is 5.47. The van der Waals surface area contributed by atoms with E-state index in [-0.39, 0.29) is 47.2 Å². The average Bonchev–Trinajstić information content (AvgIpc) is 3.48. The first-order valence-electron chi connectivity index (χ1n) is 11.0. The zero-order chi connectivity index (χ0) is 28.3. The van der Waals surface area contributed by atoms with Gasteiger partial charge >= 0.3 is 23.7 Å². The largest absolute Gasteiger partial charge is 0.482 e. The first-order chi connectivity index (χ1) is 18.6. The minimum Gasteiger partial charge on any atom is -0.482 e. The van der Waals surface area contributed by atoms with Gasteiger partial charge in [-0.05, 0) is 42.0 Å². The van der Waals surface area contributed by atoms with Crippen LogP contribution in [0.1, 0.15) is 37.8 Å². The Morgan fingerprint density at radius 1 is 1.18 bits per heavy atom. The summed E-state index contributed by atoms with van der Waals surface area (Å²) in [5.74, 6) is -2.69. The summed E-state index contributed by atoms with van der Waals surface area (Å²) in [6, 6.07) is 10.4. The number of ether oxygens (including phenoxy) is 2. The molecule has 0 radical (unpaired) electrons. The van der Waals surface area contributed by atoms with E-state index in [0.717, 1.165) is 4.90 Å².